The van der Waals surface area contributed by atoms with Crippen LogP contribution in [0.15, 0.2) is 71.3 Å². The zero-order valence-electron chi connectivity index (χ0n) is 21.9. The van der Waals surface area contributed by atoms with Crippen LogP contribution in [0.2, 0.25) is 0 Å². The van der Waals surface area contributed by atoms with Crippen LogP contribution in [0, 0.1) is 6.92 Å². The predicted octanol–water partition coefficient (Wildman–Crippen LogP) is 6.83. The summed E-state index contributed by atoms with van der Waals surface area (Å²) in [5.41, 5.74) is 6.59. The molecule has 2 aromatic heterocycles. The van der Waals surface area contributed by atoms with E-state index < -0.39 is 5.41 Å². The molecule has 38 heavy (non-hydrogen) atoms. The van der Waals surface area contributed by atoms with Gasteiger partial charge in [0, 0.05) is 29.3 Å². The lowest BCUT2D eigenvalue weighted by molar-refractivity contribution is -0.146. The second kappa shape index (κ2) is 10.1. The summed E-state index contributed by atoms with van der Waals surface area (Å²) in [6, 6.07) is 22.5. The van der Waals surface area contributed by atoms with E-state index in [1.54, 1.807) is 0 Å². The van der Waals surface area contributed by atoms with E-state index >= 15 is 0 Å². The monoisotopic (exact) mass is 508 g/mol. The first-order valence-electron chi connectivity index (χ1n) is 13.5. The third kappa shape index (κ3) is 4.71. The number of aromatic nitrogens is 2. The summed E-state index contributed by atoms with van der Waals surface area (Å²) in [7, 11) is 0. The number of aryl methyl sites for hydroxylation is 1. The van der Waals surface area contributed by atoms with Crippen LogP contribution in [0.1, 0.15) is 61.5 Å². The highest BCUT2D eigenvalue weighted by atomic mass is 16.5. The van der Waals surface area contributed by atoms with Gasteiger partial charge in [0.25, 0.3) is 0 Å². The quantitative estimate of drug-likeness (QED) is 0.231. The molecule has 0 aliphatic heterocycles. The Morgan fingerprint density at radius 2 is 1.66 bits per heavy atom. The van der Waals surface area contributed by atoms with Crippen LogP contribution in [-0.2, 0) is 21.4 Å². The fraction of sp³-hybridized carbons (Fsp3) is 0.344. The Balaban J connectivity index is 1.19. The summed E-state index contributed by atoms with van der Waals surface area (Å²) < 4.78 is 17.1. The molecule has 0 unspecified atom stereocenters. The van der Waals surface area contributed by atoms with E-state index in [1.165, 1.54) is 6.42 Å². The Kier molecular flexibility index (Phi) is 6.48. The first kappa shape index (κ1) is 24.4. The molecule has 0 N–H and O–H groups in total. The van der Waals surface area contributed by atoms with Crippen LogP contribution in [0.3, 0.4) is 0 Å². The van der Waals surface area contributed by atoms with Gasteiger partial charge in [0.05, 0.1) is 17.7 Å². The minimum Gasteiger partial charge on any atom is -0.474 e. The third-order valence-corrected chi connectivity index (χ3v) is 7.80. The molecule has 0 spiro atoms. The maximum Gasteiger partial charge on any atom is 0.316 e. The average molecular weight is 509 g/mol. The SMILES string of the molecule is CCOC(=O)C1(c2ccc(-c3ccc(-c4onc(C)c4Cc4cccc(OC5CCC5)n4)cc3)cc2)CC1. The molecule has 6 rings (SSSR count). The highest BCUT2D eigenvalue weighted by molar-refractivity contribution is 5.87. The standard InChI is InChI=1S/C32H32N2O4/c1-3-36-31(35)32(18-19-32)25-16-14-23(15-17-25)22-10-12-24(13-11-22)30-28(21(2)34-38-30)20-26-6-4-9-29(33-26)37-27-7-5-8-27/h4,6,9-17,27H,3,5,7-8,18-20H2,1-2H3. The van der Waals surface area contributed by atoms with Crippen molar-refractivity contribution in [2.45, 2.75) is 63.9 Å². The summed E-state index contributed by atoms with van der Waals surface area (Å²) in [4.78, 5) is 17.2. The molecule has 6 nitrogen and oxygen atoms in total. The van der Waals surface area contributed by atoms with Gasteiger partial charge in [-0.15, -0.1) is 0 Å². The number of benzene rings is 2. The van der Waals surface area contributed by atoms with E-state index in [0.717, 1.165) is 70.6 Å². The molecule has 0 atom stereocenters. The van der Waals surface area contributed by atoms with Crippen LogP contribution < -0.4 is 4.74 Å². The van der Waals surface area contributed by atoms with Crippen molar-refractivity contribution in [1.29, 1.82) is 0 Å². The number of pyridine rings is 1. The predicted molar refractivity (Wildman–Crippen MR) is 145 cm³/mol. The first-order valence-corrected chi connectivity index (χ1v) is 13.5. The Bertz CT molecular complexity index is 1430. The topological polar surface area (TPSA) is 74.5 Å². The smallest absolute Gasteiger partial charge is 0.316 e. The molecular formula is C32H32N2O4. The number of rotatable bonds is 9. The maximum atomic E-state index is 12.4. The number of hydrogen-bond acceptors (Lipinski definition) is 6. The molecule has 0 saturated heterocycles. The van der Waals surface area contributed by atoms with E-state index in [4.69, 9.17) is 19.0 Å². The van der Waals surface area contributed by atoms with E-state index in [0.29, 0.717) is 25.0 Å². The molecule has 194 valence electrons. The summed E-state index contributed by atoms with van der Waals surface area (Å²) >= 11 is 0. The first-order chi connectivity index (χ1) is 18.6. The zero-order chi connectivity index (χ0) is 26.1. The maximum absolute atomic E-state index is 12.4. The Hall–Kier alpha value is -3.93. The second-order valence-electron chi connectivity index (χ2n) is 10.3. The van der Waals surface area contributed by atoms with Gasteiger partial charge < -0.3 is 14.0 Å². The molecule has 2 aromatic carbocycles. The van der Waals surface area contributed by atoms with Crippen molar-refractivity contribution in [2.75, 3.05) is 6.61 Å². The van der Waals surface area contributed by atoms with Crippen molar-refractivity contribution in [3.8, 4) is 28.3 Å². The average Bonchev–Trinajstić information content (AvgIpc) is 3.66. The molecule has 4 aromatic rings. The lowest BCUT2D eigenvalue weighted by Gasteiger charge is -2.25. The van der Waals surface area contributed by atoms with E-state index in [-0.39, 0.29) is 5.97 Å². The molecule has 2 saturated carbocycles. The van der Waals surface area contributed by atoms with Gasteiger partial charge in [0.15, 0.2) is 5.76 Å². The molecule has 2 heterocycles. The molecule has 2 aliphatic carbocycles. The highest BCUT2D eigenvalue weighted by Gasteiger charge is 2.52. The van der Waals surface area contributed by atoms with Gasteiger partial charge in [0.2, 0.25) is 5.88 Å². The molecule has 2 aliphatic rings. The van der Waals surface area contributed by atoms with Crippen LogP contribution in [0.4, 0.5) is 0 Å². The van der Waals surface area contributed by atoms with Gasteiger partial charge in [-0.3, -0.25) is 4.79 Å². The number of ether oxygens (including phenoxy) is 2. The van der Waals surface area contributed by atoms with Crippen molar-refractivity contribution in [1.82, 2.24) is 10.1 Å². The number of carbonyl (C=O) groups is 1. The fourth-order valence-electron chi connectivity index (χ4n) is 5.09. The Labute approximate surface area is 223 Å². The van der Waals surface area contributed by atoms with Crippen molar-refractivity contribution in [3.05, 3.63) is 89.2 Å². The van der Waals surface area contributed by atoms with Crippen molar-refractivity contribution in [2.24, 2.45) is 0 Å². The lowest BCUT2D eigenvalue weighted by atomic mass is 9.93. The highest BCUT2D eigenvalue weighted by Crippen LogP contribution is 2.49. The van der Waals surface area contributed by atoms with E-state index in [2.05, 4.69) is 53.7 Å². The van der Waals surface area contributed by atoms with Crippen molar-refractivity contribution in [3.63, 3.8) is 0 Å². The summed E-state index contributed by atoms with van der Waals surface area (Å²) in [6.45, 7) is 4.23. The largest absolute Gasteiger partial charge is 0.474 e. The number of carbonyl (C=O) groups excluding carboxylic acids is 1. The summed E-state index contributed by atoms with van der Waals surface area (Å²) in [5, 5.41) is 4.26. The molecule has 6 heteroatoms. The number of esters is 1. The van der Waals surface area contributed by atoms with E-state index in [9.17, 15) is 4.79 Å². The molecule has 0 radical (unpaired) electrons. The van der Waals surface area contributed by atoms with Gasteiger partial charge >= 0.3 is 5.97 Å². The fourth-order valence-corrected chi connectivity index (χ4v) is 5.09. The van der Waals surface area contributed by atoms with Gasteiger partial charge in [0.1, 0.15) is 6.10 Å². The number of nitrogens with zero attached hydrogens (tertiary/aromatic N) is 2. The second-order valence-corrected chi connectivity index (χ2v) is 10.3. The number of hydrogen-bond donors (Lipinski definition) is 0. The summed E-state index contributed by atoms with van der Waals surface area (Å²) in [5.74, 6) is 1.35. The Morgan fingerprint density at radius 3 is 2.29 bits per heavy atom. The lowest BCUT2D eigenvalue weighted by Crippen LogP contribution is -2.25. The van der Waals surface area contributed by atoms with E-state index in [1.807, 2.05) is 32.0 Å². The van der Waals surface area contributed by atoms with Gasteiger partial charge in [-0.05, 0) is 68.7 Å². The van der Waals surface area contributed by atoms with Crippen LogP contribution in [-0.4, -0.2) is 28.8 Å². The minimum absolute atomic E-state index is 0.108. The third-order valence-electron chi connectivity index (χ3n) is 7.80. The van der Waals surface area contributed by atoms with Gasteiger partial charge in [-0.1, -0.05) is 59.8 Å². The zero-order valence-corrected chi connectivity index (χ0v) is 21.9. The molecule has 0 amide bonds. The van der Waals surface area contributed by atoms with Crippen LogP contribution in [0.25, 0.3) is 22.5 Å². The van der Waals surface area contributed by atoms with Crippen molar-refractivity contribution >= 4 is 5.97 Å². The summed E-state index contributed by atoms with van der Waals surface area (Å²) in [6.07, 6.45) is 6.07. The van der Waals surface area contributed by atoms with Crippen LogP contribution >= 0.6 is 0 Å². The molecule has 0 bridgehead atoms. The molecular weight excluding hydrogens is 476 g/mol. The minimum atomic E-state index is -0.448. The molecule has 2 fully saturated rings. The van der Waals surface area contributed by atoms with Gasteiger partial charge in [-0.25, -0.2) is 4.98 Å². The Morgan fingerprint density at radius 1 is 0.974 bits per heavy atom. The van der Waals surface area contributed by atoms with Crippen molar-refractivity contribution < 1.29 is 18.8 Å². The van der Waals surface area contributed by atoms with Gasteiger partial charge in [-0.2, -0.15) is 0 Å². The normalized spacial score (nSPS) is 16.1. The van der Waals surface area contributed by atoms with Crippen LogP contribution in [0.5, 0.6) is 5.88 Å².